The van der Waals surface area contributed by atoms with Crippen LogP contribution in [0.4, 0.5) is 11.4 Å². The maximum atomic E-state index is 15.0. The molecule has 3 aliphatic heterocycles. The van der Waals surface area contributed by atoms with E-state index in [0.717, 1.165) is 11.3 Å². The van der Waals surface area contributed by atoms with E-state index >= 15 is 0 Å². The van der Waals surface area contributed by atoms with E-state index in [1.165, 1.54) is 14.2 Å². The van der Waals surface area contributed by atoms with Crippen LogP contribution in [-0.4, -0.2) is 43.8 Å². The first-order valence-corrected chi connectivity index (χ1v) is 13.8. The lowest BCUT2D eigenvalue weighted by molar-refractivity contribution is -0.121. The number of anilines is 2. The van der Waals surface area contributed by atoms with E-state index in [2.05, 4.69) is 5.32 Å². The Hall–Kier alpha value is -5.17. The van der Waals surface area contributed by atoms with Crippen molar-refractivity contribution in [1.29, 1.82) is 0 Å². The minimum absolute atomic E-state index is 0.224. The van der Waals surface area contributed by atoms with E-state index in [1.807, 2.05) is 83.8 Å². The number of hydrogen-bond acceptors (Lipinski definition) is 6. The molecule has 1 amide bonds. The van der Waals surface area contributed by atoms with Crippen LogP contribution in [-0.2, 0) is 10.2 Å². The lowest BCUT2D eigenvalue weighted by Crippen LogP contribution is -2.51. The Morgan fingerprint density at radius 2 is 1.50 bits per heavy atom. The molecule has 0 aromatic heterocycles. The van der Waals surface area contributed by atoms with E-state index in [4.69, 9.17) is 9.47 Å². The summed E-state index contributed by atoms with van der Waals surface area (Å²) in [4.78, 5) is 46.0. The average molecular weight is 557 g/mol. The molecule has 3 aliphatic rings. The molecule has 7 nitrogen and oxygen atoms in total. The summed E-state index contributed by atoms with van der Waals surface area (Å²) in [7, 11) is 3.04. The number of para-hydroxylation sites is 2. The maximum Gasteiger partial charge on any atom is 0.238 e. The van der Waals surface area contributed by atoms with Gasteiger partial charge >= 0.3 is 0 Å². The molecule has 1 spiro atoms. The summed E-state index contributed by atoms with van der Waals surface area (Å²) >= 11 is 0. The van der Waals surface area contributed by atoms with Gasteiger partial charge in [-0.2, -0.15) is 0 Å². The Morgan fingerprint density at radius 1 is 0.786 bits per heavy atom. The first-order chi connectivity index (χ1) is 20.5. The monoisotopic (exact) mass is 556 g/mol. The SMILES string of the molecule is COc1ccc(C(=O)[C@@H]2[C@H](C(=O)c3ccccc3)N3c4ccccc4C=C[C@H]3[C@@]23C(=O)Nc2ccccc23)cc1OC. The highest BCUT2D eigenvalue weighted by atomic mass is 16.5. The van der Waals surface area contributed by atoms with Crippen LogP contribution in [0.2, 0.25) is 0 Å². The molecule has 7 heteroatoms. The summed E-state index contributed by atoms with van der Waals surface area (Å²) in [6.45, 7) is 0. The van der Waals surface area contributed by atoms with Gasteiger partial charge in [-0.05, 0) is 41.5 Å². The minimum atomic E-state index is -1.38. The molecule has 0 aliphatic carbocycles. The number of methoxy groups -OCH3 is 2. The highest BCUT2D eigenvalue weighted by molar-refractivity contribution is 6.18. The smallest absolute Gasteiger partial charge is 0.238 e. The van der Waals surface area contributed by atoms with Gasteiger partial charge in [0.15, 0.2) is 23.1 Å². The second-order valence-corrected chi connectivity index (χ2v) is 10.7. The Bertz CT molecular complexity index is 1780. The Morgan fingerprint density at radius 3 is 2.29 bits per heavy atom. The molecule has 0 saturated carbocycles. The van der Waals surface area contributed by atoms with Crippen molar-refractivity contribution in [1.82, 2.24) is 0 Å². The van der Waals surface area contributed by atoms with Gasteiger partial charge in [0.1, 0.15) is 11.5 Å². The fourth-order valence-corrected chi connectivity index (χ4v) is 7.06. The fraction of sp³-hybridized carbons (Fsp3) is 0.171. The third-order valence-electron chi connectivity index (χ3n) is 8.82. The zero-order chi connectivity index (χ0) is 29.0. The molecule has 3 heterocycles. The molecule has 1 fully saturated rings. The first kappa shape index (κ1) is 25.8. The van der Waals surface area contributed by atoms with Crippen molar-refractivity contribution >= 4 is 34.9 Å². The number of amides is 1. The van der Waals surface area contributed by atoms with Crippen molar-refractivity contribution in [3.05, 3.63) is 125 Å². The van der Waals surface area contributed by atoms with Crippen LogP contribution in [0.25, 0.3) is 6.08 Å². The van der Waals surface area contributed by atoms with E-state index < -0.39 is 23.4 Å². The van der Waals surface area contributed by atoms with Crippen molar-refractivity contribution in [3.8, 4) is 11.5 Å². The largest absolute Gasteiger partial charge is 0.493 e. The molecular formula is C35H28N2O5. The molecule has 4 aromatic rings. The van der Waals surface area contributed by atoms with Gasteiger partial charge in [0.2, 0.25) is 5.91 Å². The molecule has 0 bridgehead atoms. The standard InChI is InChI=1S/C35H28N2O5/c1-41-27-18-16-23(20-28(27)42-2)32(38)30-31(33(39)22-11-4-3-5-12-22)37-26-15-9-6-10-21(26)17-19-29(37)35(30)24-13-7-8-14-25(24)36-34(35)40/h3-20,29-31H,1-2H3,(H,36,40)/t29-,30-,31+,35+/m0/s1. The van der Waals surface area contributed by atoms with E-state index in [1.54, 1.807) is 30.3 Å². The number of Topliss-reactive ketones (excluding diaryl/α,β-unsaturated/α-hetero) is 2. The van der Waals surface area contributed by atoms with Crippen LogP contribution < -0.4 is 19.7 Å². The summed E-state index contributed by atoms with van der Waals surface area (Å²) in [5.74, 6) is -1.04. The van der Waals surface area contributed by atoms with Gasteiger partial charge in [-0.15, -0.1) is 0 Å². The summed E-state index contributed by atoms with van der Waals surface area (Å²) < 4.78 is 10.9. The van der Waals surface area contributed by atoms with Gasteiger partial charge in [-0.3, -0.25) is 14.4 Å². The molecule has 1 N–H and O–H groups in total. The number of nitrogens with one attached hydrogen (secondary N) is 1. The second-order valence-electron chi connectivity index (χ2n) is 10.7. The van der Waals surface area contributed by atoms with Gasteiger partial charge in [0.05, 0.1) is 26.2 Å². The normalized spacial score (nSPS) is 23.1. The van der Waals surface area contributed by atoms with E-state index in [0.29, 0.717) is 33.9 Å². The van der Waals surface area contributed by atoms with Crippen molar-refractivity contribution in [3.63, 3.8) is 0 Å². The van der Waals surface area contributed by atoms with Crippen molar-refractivity contribution in [2.75, 3.05) is 24.4 Å². The number of carbonyl (C=O) groups excluding carboxylic acids is 3. The number of fused-ring (bicyclic) bond motifs is 6. The van der Waals surface area contributed by atoms with Crippen molar-refractivity contribution in [2.45, 2.75) is 17.5 Å². The second kappa shape index (κ2) is 9.73. The lowest BCUT2D eigenvalue weighted by Gasteiger charge is -2.37. The van der Waals surface area contributed by atoms with Gasteiger partial charge in [0.25, 0.3) is 0 Å². The molecular weight excluding hydrogens is 528 g/mol. The molecule has 1 saturated heterocycles. The summed E-state index contributed by atoms with van der Waals surface area (Å²) in [5, 5.41) is 3.06. The van der Waals surface area contributed by atoms with Crippen LogP contribution in [0.15, 0.2) is 103 Å². The van der Waals surface area contributed by atoms with Gasteiger partial charge in [-0.25, -0.2) is 0 Å². The molecule has 0 radical (unpaired) electrons. The minimum Gasteiger partial charge on any atom is -0.493 e. The summed E-state index contributed by atoms with van der Waals surface area (Å²) in [5.41, 5.74) is 2.50. The zero-order valence-electron chi connectivity index (χ0n) is 23.1. The van der Waals surface area contributed by atoms with Crippen LogP contribution >= 0.6 is 0 Å². The van der Waals surface area contributed by atoms with E-state index in [9.17, 15) is 14.4 Å². The quantitative estimate of drug-likeness (QED) is 0.313. The number of rotatable bonds is 6. The number of hydrogen-bond donors (Lipinski definition) is 1. The average Bonchev–Trinajstić information content (AvgIpc) is 3.52. The third kappa shape index (κ3) is 3.49. The molecule has 7 rings (SSSR count). The highest BCUT2D eigenvalue weighted by Gasteiger charge is 2.70. The number of benzene rings is 4. The predicted molar refractivity (Wildman–Crippen MR) is 160 cm³/mol. The van der Waals surface area contributed by atoms with Crippen molar-refractivity contribution in [2.24, 2.45) is 5.92 Å². The van der Waals surface area contributed by atoms with Crippen molar-refractivity contribution < 1.29 is 23.9 Å². The lowest BCUT2D eigenvalue weighted by atomic mass is 9.64. The Kier molecular flexibility index (Phi) is 5.97. The molecule has 42 heavy (non-hydrogen) atoms. The highest BCUT2D eigenvalue weighted by Crippen LogP contribution is 2.58. The molecule has 0 unspecified atom stereocenters. The summed E-state index contributed by atoms with van der Waals surface area (Å²) in [6.07, 6.45) is 3.96. The zero-order valence-corrected chi connectivity index (χ0v) is 23.1. The number of nitrogens with zero attached hydrogens (tertiary/aromatic N) is 1. The Balaban J connectivity index is 1.53. The molecule has 208 valence electrons. The predicted octanol–water partition coefficient (Wildman–Crippen LogP) is 5.56. The van der Waals surface area contributed by atoms with Gasteiger partial charge in [-0.1, -0.05) is 78.9 Å². The van der Waals surface area contributed by atoms with Crippen LogP contribution in [0, 0.1) is 5.92 Å². The first-order valence-electron chi connectivity index (χ1n) is 13.8. The fourth-order valence-electron chi connectivity index (χ4n) is 7.06. The maximum absolute atomic E-state index is 15.0. The number of carbonyl (C=O) groups is 3. The third-order valence-corrected chi connectivity index (χ3v) is 8.82. The van der Waals surface area contributed by atoms with Crippen LogP contribution in [0.1, 0.15) is 31.8 Å². The topological polar surface area (TPSA) is 84.9 Å². The number of ether oxygens (including phenoxy) is 2. The Labute approximate surface area is 243 Å². The molecule has 4 atom stereocenters. The summed E-state index contributed by atoms with van der Waals surface area (Å²) in [6, 6.07) is 27.6. The van der Waals surface area contributed by atoms with Gasteiger partial charge in [0, 0.05) is 22.5 Å². The number of ketones is 2. The molecule has 4 aromatic carbocycles. The van der Waals surface area contributed by atoms with Crippen LogP contribution in [0.5, 0.6) is 11.5 Å². The van der Waals surface area contributed by atoms with E-state index in [-0.39, 0.29) is 17.5 Å². The van der Waals surface area contributed by atoms with Crippen LogP contribution in [0.3, 0.4) is 0 Å². The van der Waals surface area contributed by atoms with Gasteiger partial charge < -0.3 is 19.7 Å².